The van der Waals surface area contributed by atoms with Gasteiger partial charge in [-0.3, -0.25) is 39.2 Å². The minimum absolute atomic E-state index is 0.0445. The molecule has 0 spiro atoms. The number of benzene rings is 1. The van der Waals surface area contributed by atoms with Gasteiger partial charge < -0.3 is 24.4 Å². The Balaban J connectivity index is 0.942. The molecule has 0 radical (unpaired) electrons. The number of likely N-dealkylation sites (tertiary alicyclic amines) is 1. The third-order valence-electron chi connectivity index (χ3n) is 16.8. The summed E-state index contributed by atoms with van der Waals surface area (Å²) in [5.74, 6) is -1.54. The van der Waals surface area contributed by atoms with E-state index < -0.39 is 47.6 Å². The van der Waals surface area contributed by atoms with E-state index >= 15 is 0 Å². The van der Waals surface area contributed by atoms with Crippen molar-refractivity contribution in [2.75, 3.05) is 64.9 Å². The van der Waals surface area contributed by atoms with Crippen LogP contribution in [0.4, 0.5) is 5.69 Å². The third-order valence-corrected chi connectivity index (χ3v) is 17.7. The molecule has 75 heavy (non-hydrogen) atoms. The van der Waals surface area contributed by atoms with Crippen LogP contribution in [0.3, 0.4) is 0 Å². The Bertz CT molecular complexity index is 2950. The molecule has 2 unspecified atom stereocenters. The zero-order chi connectivity index (χ0) is 52.3. The van der Waals surface area contributed by atoms with Crippen LogP contribution < -0.4 is 15.6 Å². The Morgan fingerprint density at radius 2 is 1.84 bits per heavy atom. The van der Waals surface area contributed by atoms with Crippen molar-refractivity contribution >= 4 is 45.6 Å². The normalized spacial score (nSPS) is 24.7. The lowest BCUT2D eigenvalue weighted by molar-refractivity contribution is -0.835. The van der Waals surface area contributed by atoms with Crippen molar-refractivity contribution in [3.63, 3.8) is 0 Å². The first kappa shape index (κ1) is 51.3. The molecule has 1 aromatic carbocycles. The van der Waals surface area contributed by atoms with Crippen molar-refractivity contribution in [1.29, 1.82) is 0 Å². The van der Waals surface area contributed by atoms with Gasteiger partial charge in [0, 0.05) is 130 Å². The Morgan fingerprint density at radius 1 is 1.04 bits per heavy atom. The van der Waals surface area contributed by atoms with Crippen molar-refractivity contribution in [3.05, 3.63) is 87.1 Å². The Labute approximate surface area is 443 Å². The van der Waals surface area contributed by atoms with Gasteiger partial charge >= 0.3 is 6.17 Å². The van der Waals surface area contributed by atoms with Crippen LogP contribution in [0, 0.1) is 16.2 Å². The van der Waals surface area contributed by atoms with Crippen molar-refractivity contribution in [2.45, 2.75) is 135 Å². The molecule has 2 N–H and O–H groups in total. The average Bonchev–Trinajstić information content (AvgIpc) is 3.85. The lowest BCUT2D eigenvalue weighted by Crippen LogP contribution is -2.62. The summed E-state index contributed by atoms with van der Waals surface area (Å²) in [7, 11) is 3.44. The summed E-state index contributed by atoms with van der Waals surface area (Å²) < 4.78 is 8.96. The fourth-order valence-electron chi connectivity index (χ4n) is 12.8. The molecule has 6 aliphatic rings. The van der Waals surface area contributed by atoms with Crippen LogP contribution in [-0.2, 0) is 43.5 Å². The number of nitrogens with zero attached hydrogens (tertiary/aromatic N) is 10. The van der Waals surface area contributed by atoms with E-state index in [4.69, 9.17) is 19.5 Å². The van der Waals surface area contributed by atoms with E-state index in [0.29, 0.717) is 48.8 Å². The van der Waals surface area contributed by atoms with Crippen molar-refractivity contribution < 1.29 is 28.9 Å². The predicted octanol–water partition coefficient (Wildman–Crippen LogP) is 6.69. The summed E-state index contributed by atoms with van der Waals surface area (Å²) >= 11 is 1.44. The molecule has 3 saturated heterocycles. The standard InChI is InChI=1S/C56H72N12O6S/c1-8-66-43-18-15-36-26-39(43)47-48(52(73-7)49-40(51(47)66)27-38(30-58-49)64-24-22-63(23-25-64)37-16-17-37)56(4,5)33-74-68(72)45-14-11-21-67(61-45)54(70)41(28-46-59-42(36)32-75-46)60-53(69)50(34(2)3)62(6)55(71)44-13-10-20-65(44)31-35-12-9-19-57-29-35/h9,12,15,18-19,26-27,29-30,32,34,37,41,44-45,48,50,52,61H,8,10-11,13-14,16-17,20-25,28,31,33H2,1-7H3/p+1/t41-,44?,45+,48?,50-,52-/m0/s1. The highest BCUT2D eigenvalue weighted by Crippen LogP contribution is 2.57. The second kappa shape index (κ2) is 20.9. The first-order valence-electron chi connectivity index (χ1n) is 27.2. The number of hydrogen-bond acceptors (Lipinski definition) is 14. The van der Waals surface area contributed by atoms with E-state index in [1.54, 1.807) is 25.3 Å². The topological polar surface area (TPSA) is 174 Å². The summed E-state index contributed by atoms with van der Waals surface area (Å²) in [5.41, 5.74) is 11.5. The number of hydrazine groups is 1. The summed E-state index contributed by atoms with van der Waals surface area (Å²) in [6, 6.07) is 11.2. The summed E-state index contributed by atoms with van der Waals surface area (Å²) in [4.78, 5) is 88.7. The molecule has 2 aliphatic carbocycles. The van der Waals surface area contributed by atoms with E-state index in [2.05, 4.69) is 80.0 Å². The quantitative estimate of drug-likeness (QED) is 0.144. The molecule has 6 bridgehead atoms. The number of piperazine rings is 1. The molecule has 8 heterocycles. The van der Waals surface area contributed by atoms with Crippen molar-refractivity contribution in [1.82, 2.24) is 50.0 Å². The van der Waals surface area contributed by atoms with Gasteiger partial charge in [0.15, 0.2) is 6.61 Å². The summed E-state index contributed by atoms with van der Waals surface area (Å²) in [5, 5.41) is 8.29. The van der Waals surface area contributed by atoms with E-state index in [-0.39, 0.29) is 30.8 Å². The molecule has 18 nitrogen and oxygen atoms in total. The maximum atomic E-state index is 14.9. The second-order valence-corrected chi connectivity index (χ2v) is 23.5. The van der Waals surface area contributed by atoms with E-state index in [1.807, 2.05) is 43.8 Å². The number of thiazole rings is 1. The Morgan fingerprint density at radius 3 is 2.57 bits per heavy atom. The minimum atomic E-state index is -1.07. The zero-order valence-electron chi connectivity index (χ0n) is 44.5. The number of fused-ring (bicyclic) bond motifs is 8. The molecule has 4 aromatic heterocycles. The highest BCUT2D eigenvalue weighted by Gasteiger charge is 2.50. The SMILES string of the molecule is CCn1c2c3c4cc(ccc41)-c1csc(n1)C[C@H](NC(=O)[C@H](C(C)C)N(C)C(=O)C1CCCN1Cc1cccnc1)C(=O)N1CCC[C@H](N1)[N+](=O)OCC(C)(C)C3[C@H](OC)c1ncc(N3CCN(C4CC4)CC3)cc1-2. The maximum Gasteiger partial charge on any atom is 0.326 e. The number of rotatable bonds is 11. The van der Waals surface area contributed by atoms with E-state index in [9.17, 15) is 19.3 Å². The number of aromatic nitrogens is 4. The summed E-state index contributed by atoms with van der Waals surface area (Å²) in [6.07, 6.45) is 9.43. The van der Waals surface area contributed by atoms with E-state index in [0.717, 1.165) is 101 Å². The number of carbonyl (C=O) groups is 3. The minimum Gasteiger partial charge on any atom is -0.374 e. The highest BCUT2D eigenvalue weighted by atomic mass is 32.1. The number of amides is 3. The molecular formula is C56H73N12O6S+. The molecule has 11 rings (SSSR count). The first-order valence-corrected chi connectivity index (χ1v) is 28.1. The van der Waals surface area contributed by atoms with Crippen LogP contribution >= 0.6 is 11.3 Å². The van der Waals surface area contributed by atoms with Crippen LogP contribution in [0.5, 0.6) is 0 Å². The number of aryl methyl sites for hydroxylation is 1. The molecule has 398 valence electrons. The molecule has 4 fully saturated rings. The van der Waals surface area contributed by atoms with Gasteiger partial charge in [-0.05, 0) is 86.9 Å². The van der Waals surface area contributed by atoms with Gasteiger partial charge in [-0.1, -0.05) is 39.8 Å². The third kappa shape index (κ3) is 9.83. The zero-order valence-corrected chi connectivity index (χ0v) is 45.4. The average molecular weight is 1040 g/mol. The van der Waals surface area contributed by atoms with Gasteiger partial charge in [0.1, 0.15) is 18.2 Å². The van der Waals surface area contributed by atoms with Gasteiger partial charge in [-0.2, -0.15) is 5.43 Å². The molecule has 4 aliphatic heterocycles. The number of likely N-dealkylation sites (N-methyl/N-ethyl adjacent to an activating group) is 1. The number of carbonyl (C=O) groups excluding carboxylic acids is 3. The van der Waals surface area contributed by atoms with Crippen LogP contribution in [0.2, 0.25) is 0 Å². The predicted molar refractivity (Wildman–Crippen MR) is 287 cm³/mol. The van der Waals surface area contributed by atoms with Gasteiger partial charge in [0.25, 0.3) is 5.91 Å². The number of ether oxygens (including phenoxy) is 1. The van der Waals surface area contributed by atoms with Gasteiger partial charge in [0.2, 0.25) is 16.7 Å². The Hall–Kier alpha value is -5.86. The van der Waals surface area contributed by atoms with Crippen LogP contribution in [0.15, 0.2) is 60.4 Å². The van der Waals surface area contributed by atoms with Gasteiger partial charge in [0.05, 0.1) is 44.9 Å². The van der Waals surface area contributed by atoms with Gasteiger partial charge in [-0.15, -0.1) is 11.3 Å². The van der Waals surface area contributed by atoms with Crippen molar-refractivity contribution in [2.24, 2.45) is 11.3 Å². The molecule has 19 heteroatoms. The Kier molecular flexibility index (Phi) is 14.3. The monoisotopic (exact) mass is 1040 g/mol. The number of anilines is 1. The maximum absolute atomic E-state index is 14.9. The molecular weight excluding hydrogens is 969 g/mol. The number of hydrogen-bond donors (Lipinski definition) is 2. The fourth-order valence-corrected chi connectivity index (χ4v) is 13.7. The molecule has 5 aromatic rings. The smallest absolute Gasteiger partial charge is 0.326 e. The van der Waals surface area contributed by atoms with Crippen LogP contribution in [-0.4, -0.2) is 152 Å². The first-order chi connectivity index (χ1) is 36.2. The van der Waals surface area contributed by atoms with Crippen molar-refractivity contribution in [3.8, 4) is 22.5 Å². The summed E-state index contributed by atoms with van der Waals surface area (Å²) in [6.45, 7) is 16.7. The fraction of sp³-hybridized carbons (Fsp3) is 0.571. The van der Waals surface area contributed by atoms with Crippen LogP contribution in [0.1, 0.15) is 107 Å². The van der Waals surface area contributed by atoms with E-state index in [1.165, 1.54) is 29.2 Å². The molecule has 3 amide bonds. The molecule has 6 atom stereocenters. The second-order valence-electron chi connectivity index (χ2n) is 22.6. The number of nitrogens with one attached hydrogen (secondary N) is 2. The lowest BCUT2D eigenvalue weighted by atomic mass is 9.67. The lowest BCUT2D eigenvalue weighted by Gasteiger charge is -2.42. The highest BCUT2D eigenvalue weighted by molar-refractivity contribution is 7.10. The molecule has 1 saturated carbocycles. The number of pyridine rings is 2. The number of methoxy groups -OCH3 is 1. The van der Waals surface area contributed by atoms with Crippen LogP contribution in [0.25, 0.3) is 33.4 Å². The van der Waals surface area contributed by atoms with Gasteiger partial charge in [-0.25, -0.2) is 9.82 Å². The largest absolute Gasteiger partial charge is 0.374 e.